The summed E-state index contributed by atoms with van der Waals surface area (Å²) in [6.45, 7) is 10.4. The van der Waals surface area contributed by atoms with Crippen molar-refractivity contribution >= 4 is 15.9 Å². The fourth-order valence-corrected chi connectivity index (χ4v) is 2.21. The van der Waals surface area contributed by atoms with Crippen molar-refractivity contribution in [3.8, 4) is 0 Å². The summed E-state index contributed by atoms with van der Waals surface area (Å²) in [4.78, 5) is 12.3. The molecule has 0 spiro atoms. The summed E-state index contributed by atoms with van der Waals surface area (Å²) < 4.78 is 25.0. The maximum atomic E-state index is 12.3. The molecule has 1 unspecified atom stereocenters. The molecule has 1 amide bonds. The van der Waals surface area contributed by atoms with Gasteiger partial charge in [-0.1, -0.05) is 13.8 Å². The topological polar surface area (TPSA) is 95.5 Å². The lowest BCUT2D eigenvalue weighted by atomic mass is 9.85. The SMILES string of the molecule is CC(C)CC(NS(C)(=O)=O)C(=O)NC(C)(C)C(C)(C)O. The molecule has 20 heavy (non-hydrogen) atoms. The van der Waals surface area contributed by atoms with Gasteiger partial charge in [0.15, 0.2) is 0 Å². The minimum absolute atomic E-state index is 0.158. The molecule has 0 aliphatic carbocycles. The van der Waals surface area contributed by atoms with Crippen molar-refractivity contribution in [2.75, 3.05) is 6.26 Å². The Kier molecular flexibility index (Phi) is 6.19. The summed E-state index contributed by atoms with van der Waals surface area (Å²) in [6.07, 6.45) is 1.41. The van der Waals surface area contributed by atoms with Gasteiger partial charge in [0.1, 0.15) is 6.04 Å². The highest BCUT2D eigenvalue weighted by molar-refractivity contribution is 7.88. The molecule has 0 aliphatic rings. The van der Waals surface area contributed by atoms with Gasteiger partial charge in [-0.05, 0) is 40.0 Å². The van der Waals surface area contributed by atoms with E-state index in [9.17, 15) is 18.3 Å². The monoisotopic (exact) mass is 308 g/mol. The first kappa shape index (κ1) is 19.3. The van der Waals surface area contributed by atoms with Crippen LogP contribution < -0.4 is 10.0 Å². The maximum Gasteiger partial charge on any atom is 0.238 e. The summed E-state index contributed by atoms with van der Waals surface area (Å²) in [7, 11) is -3.48. The van der Waals surface area contributed by atoms with E-state index in [2.05, 4.69) is 10.0 Å². The molecule has 0 radical (unpaired) electrons. The quantitative estimate of drug-likeness (QED) is 0.642. The van der Waals surface area contributed by atoms with E-state index in [4.69, 9.17) is 0 Å². The molecule has 0 bridgehead atoms. The summed E-state index contributed by atoms with van der Waals surface area (Å²) in [5, 5.41) is 12.7. The fourth-order valence-electron chi connectivity index (χ4n) is 1.49. The largest absolute Gasteiger partial charge is 0.388 e. The molecule has 7 heteroatoms. The van der Waals surface area contributed by atoms with Crippen molar-refractivity contribution in [3.63, 3.8) is 0 Å². The zero-order valence-electron chi connectivity index (χ0n) is 13.4. The molecule has 120 valence electrons. The third kappa shape index (κ3) is 6.67. The van der Waals surface area contributed by atoms with Gasteiger partial charge in [-0.15, -0.1) is 0 Å². The molecule has 1 atom stereocenters. The minimum Gasteiger partial charge on any atom is -0.388 e. The summed E-state index contributed by atoms with van der Waals surface area (Å²) in [5.74, 6) is -0.276. The van der Waals surface area contributed by atoms with Crippen molar-refractivity contribution in [2.45, 2.75) is 65.1 Å². The summed E-state index contributed by atoms with van der Waals surface area (Å²) in [6, 6.07) is -0.841. The van der Waals surface area contributed by atoms with E-state index in [0.717, 1.165) is 6.26 Å². The number of nitrogens with one attached hydrogen (secondary N) is 2. The number of carbonyl (C=O) groups excluding carboxylic acids is 1. The van der Waals surface area contributed by atoms with Gasteiger partial charge in [0.05, 0.1) is 17.4 Å². The Morgan fingerprint density at radius 1 is 1.20 bits per heavy atom. The molecule has 0 aromatic carbocycles. The number of carbonyl (C=O) groups is 1. The van der Waals surface area contributed by atoms with Crippen LogP contribution in [-0.4, -0.2) is 42.9 Å². The van der Waals surface area contributed by atoms with E-state index in [1.54, 1.807) is 27.7 Å². The number of amides is 1. The van der Waals surface area contributed by atoms with E-state index in [0.29, 0.717) is 6.42 Å². The lowest BCUT2D eigenvalue weighted by molar-refractivity contribution is -0.128. The standard InChI is InChI=1S/C13H28N2O4S/c1-9(2)8-10(15-20(7,18)19)11(16)14-12(3,4)13(5,6)17/h9-10,15,17H,8H2,1-7H3,(H,14,16). The van der Waals surface area contributed by atoms with Crippen LogP contribution in [0.25, 0.3) is 0 Å². The highest BCUT2D eigenvalue weighted by Crippen LogP contribution is 2.21. The number of rotatable bonds is 7. The van der Waals surface area contributed by atoms with Crippen molar-refractivity contribution < 1.29 is 18.3 Å². The zero-order chi connectivity index (χ0) is 16.4. The first-order valence-corrected chi connectivity index (χ1v) is 8.56. The third-order valence-electron chi connectivity index (χ3n) is 3.35. The van der Waals surface area contributed by atoms with Gasteiger partial charge in [-0.3, -0.25) is 4.79 Å². The number of hydrogen-bond donors (Lipinski definition) is 3. The van der Waals surface area contributed by atoms with Crippen molar-refractivity contribution in [3.05, 3.63) is 0 Å². The van der Waals surface area contributed by atoms with Gasteiger partial charge in [0, 0.05) is 0 Å². The molecule has 0 saturated heterocycles. The van der Waals surface area contributed by atoms with Crippen LogP contribution in [0.3, 0.4) is 0 Å². The van der Waals surface area contributed by atoms with E-state index in [1.165, 1.54) is 0 Å². The Labute approximate surface area is 122 Å². The molecule has 0 rings (SSSR count). The van der Waals surface area contributed by atoms with E-state index in [-0.39, 0.29) is 5.92 Å². The van der Waals surface area contributed by atoms with E-state index in [1.807, 2.05) is 13.8 Å². The van der Waals surface area contributed by atoms with Gasteiger partial charge >= 0.3 is 0 Å². The third-order valence-corrected chi connectivity index (χ3v) is 4.06. The number of aliphatic hydroxyl groups is 1. The molecule has 0 fully saturated rings. The van der Waals surface area contributed by atoms with E-state index >= 15 is 0 Å². The van der Waals surface area contributed by atoms with Gasteiger partial charge in [0.2, 0.25) is 15.9 Å². The van der Waals surface area contributed by atoms with Crippen LogP contribution in [0.2, 0.25) is 0 Å². The maximum absolute atomic E-state index is 12.3. The van der Waals surface area contributed by atoms with Crippen molar-refractivity contribution in [2.24, 2.45) is 5.92 Å². The van der Waals surface area contributed by atoms with E-state index < -0.39 is 33.1 Å². The Hall–Kier alpha value is -0.660. The fraction of sp³-hybridized carbons (Fsp3) is 0.923. The normalized spacial score (nSPS) is 15.2. The van der Waals surface area contributed by atoms with Crippen LogP contribution in [0, 0.1) is 5.92 Å². The smallest absolute Gasteiger partial charge is 0.238 e. The first-order valence-electron chi connectivity index (χ1n) is 6.67. The second-order valence-corrected chi connectivity index (χ2v) is 8.53. The predicted molar refractivity (Wildman–Crippen MR) is 79.7 cm³/mol. The summed E-state index contributed by atoms with van der Waals surface area (Å²) >= 11 is 0. The van der Waals surface area contributed by atoms with Crippen LogP contribution in [0.1, 0.15) is 48.0 Å². The second-order valence-electron chi connectivity index (χ2n) is 6.75. The van der Waals surface area contributed by atoms with Crippen LogP contribution in [0.4, 0.5) is 0 Å². The second kappa shape index (κ2) is 6.41. The molecule has 0 heterocycles. The molecule has 0 aromatic rings. The Balaban J connectivity index is 5.07. The molecule has 6 nitrogen and oxygen atoms in total. The predicted octanol–water partition coefficient (Wildman–Crippen LogP) is 0.616. The lowest BCUT2D eigenvalue weighted by Gasteiger charge is -2.39. The molecular formula is C13H28N2O4S. The first-order chi connectivity index (χ1) is 8.66. The molecule has 3 N–H and O–H groups in total. The lowest BCUT2D eigenvalue weighted by Crippen LogP contribution is -2.61. The van der Waals surface area contributed by atoms with Gasteiger partial charge < -0.3 is 10.4 Å². The van der Waals surface area contributed by atoms with Crippen LogP contribution in [0.5, 0.6) is 0 Å². The Morgan fingerprint density at radius 2 is 1.65 bits per heavy atom. The highest BCUT2D eigenvalue weighted by atomic mass is 32.2. The number of sulfonamides is 1. The van der Waals surface area contributed by atoms with Crippen molar-refractivity contribution in [1.82, 2.24) is 10.0 Å². The number of hydrogen-bond acceptors (Lipinski definition) is 4. The highest BCUT2D eigenvalue weighted by Gasteiger charge is 2.38. The van der Waals surface area contributed by atoms with Crippen LogP contribution >= 0.6 is 0 Å². The Morgan fingerprint density at radius 3 is 1.95 bits per heavy atom. The Bertz CT molecular complexity index is 436. The zero-order valence-corrected chi connectivity index (χ0v) is 14.3. The van der Waals surface area contributed by atoms with Gasteiger partial charge in [-0.2, -0.15) is 0 Å². The van der Waals surface area contributed by atoms with Crippen LogP contribution in [0.15, 0.2) is 0 Å². The van der Waals surface area contributed by atoms with Crippen LogP contribution in [-0.2, 0) is 14.8 Å². The minimum atomic E-state index is -3.48. The van der Waals surface area contributed by atoms with Crippen molar-refractivity contribution in [1.29, 1.82) is 0 Å². The molecule has 0 aliphatic heterocycles. The van der Waals surface area contributed by atoms with Gasteiger partial charge in [0.25, 0.3) is 0 Å². The molecule has 0 saturated carbocycles. The summed E-state index contributed by atoms with van der Waals surface area (Å²) in [5.41, 5.74) is -2.01. The average Bonchev–Trinajstić information content (AvgIpc) is 2.10. The average molecular weight is 308 g/mol. The van der Waals surface area contributed by atoms with Gasteiger partial charge in [-0.25, -0.2) is 13.1 Å². The molecule has 0 aromatic heterocycles. The molecular weight excluding hydrogens is 280 g/mol.